The number of hydrogen-bond acceptors (Lipinski definition) is 2. The van der Waals surface area contributed by atoms with E-state index in [-0.39, 0.29) is 0 Å². The van der Waals surface area contributed by atoms with Crippen LogP contribution in [-0.2, 0) is 12.8 Å². The summed E-state index contributed by atoms with van der Waals surface area (Å²) in [5.74, 6) is 2.07. The van der Waals surface area contributed by atoms with Crippen LogP contribution in [0.2, 0.25) is 0 Å². The molecule has 18 heavy (non-hydrogen) atoms. The Labute approximate surface area is 113 Å². The third-order valence-electron chi connectivity index (χ3n) is 3.56. The van der Waals surface area contributed by atoms with Crippen molar-refractivity contribution >= 4 is 11.8 Å². The fourth-order valence-corrected chi connectivity index (χ4v) is 2.84. The highest BCUT2D eigenvalue weighted by atomic mass is 32.2. The second kappa shape index (κ2) is 5.19. The van der Waals surface area contributed by atoms with E-state index in [4.69, 9.17) is 0 Å². The van der Waals surface area contributed by atoms with Crippen LogP contribution in [0, 0.1) is 27.7 Å². The molecule has 0 bridgehead atoms. The molecule has 0 radical (unpaired) electrons. The molecule has 1 aromatic heterocycles. The van der Waals surface area contributed by atoms with Crippen molar-refractivity contribution in [3.05, 3.63) is 46.5 Å². The maximum Gasteiger partial charge on any atom is 0.119 e. The van der Waals surface area contributed by atoms with E-state index < -0.39 is 0 Å². The van der Waals surface area contributed by atoms with E-state index in [2.05, 4.69) is 62.5 Å². The first kappa shape index (κ1) is 13.2. The van der Waals surface area contributed by atoms with Crippen LogP contribution in [0.3, 0.4) is 0 Å². The van der Waals surface area contributed by atoms with Gasteiger partial charge in [0.15, 0.2) is 0 Å². The number of aromatic nitrogens is 2. The molecule has 0 aliphatic rings. The van der Waals surface area contributed by atoms with Gasteiger partial charge in [0.05, 0.1) is 11.4 Å². The Morgan fingerprint density at radius 1 is 1.11 bits per heavy atom. The van der Waals surface area contributed by atoms with Crippen molar-refractivity contribution in [1.82, 2.24) is 9.55 Å². The van der Waals surface area contributed by atoms with Crippen LogP contribution in [0.25, 0.3) is 0 Å². The second-order valence-corrected chi connectivity index (χ2v) is 5.84. The Bertz CT molecular complexity index is 570. The van der Waals surface area contributed by atoms with Crippen molar-refractivity contribution in [2.75, 3.05) is 0 Å². The molecule has 0 unspecified atom stereocenters. The predicted octanol–water partition coefficient (Wildman–Crippen LogP) is 3.95. The molecule has 0 aliphatic heterocycles. The number of nitrogens with zero attached hydrogens (tertiary/aromatic N) is 2. The Morgan fingerprint density at radius 3 is 2.39 bits per heavy atom. The van der Waals surface area contributed by atoms with Crippen molar-refractivity contribution < 1.29 is 0 Å². The van der Waals surface area contributed by atoms with Crippen molar-refractivity contribution in [3.63, 3.8) is 0 Å². The van der Waals surface area contributed by atoms with Crippen LogP contribution < -0.4 is 0 Å². The van der Waals surface area contributed by atoms with Gasteiger partial charge >= 0.3 is 0 Å². The molecule has 0 amide bonds. The van der Waals surface area contributed by atoms with Gasteiger partial charge in [-0.15, -0.1) is 11.8 Å². The Balaban J connectivity index is 2.11. The van der Waals surface area contributed by atoms with E-state index in [1.165, 1.54) is 21.7 Å². The summed E-state index contributed by atoms with van der Waals surface area (Å²) in [7, 11) is 2.09. The van der Waals surface area contributed by atoms with Crippen LogP contribution in [0.5, 0.6) is 0 Å². The average molecular weight is 260 g/mol. The third-order valence-corrected chi connectivity index (χ3v) is 4.55. The van der Waals surface area contributed by atoms with Crippen molar-refractivity contribution in [2.45, 2.75) is 38.3 Å². The highest BCUT2D eigenvalue weighted by Crippen LogP contribution is 2.25. The van der Waals surface area contributed by atoms with Gasteiger partial charge in [0.2, 0.25) is 0 Å². The summed E-state index contributed by atoms with van der Waals surface area (Å²) >= 11 is 1.85. The van der Waals surface area contributed by atoms with E-state index >= 15 is 0 Å². The average Bonchev–Trinajstić information content (AvgIpc) is 2.58. The smallest absolute Gasteiger partial charge is 0.119 e. The molecule has 2 aromatic rings. The minimum atomic E-state index is 0.924. The SMILES string of the molecule is Cc1ccc(SCc2nc(C)c(C)n2C)cc1C. The lowest BCUT2D eigenvalue weighted by Crippen LogP contribution is -1.97. The number of imidazole rings is 1. The highest BCUT2D eigenvalue weighted by Gasteiger charge is 2.08. The van der Waals surface area contributed by atoms with Crippen molar-refractivity contribution in [2.24, 2.45) is 7.05 Å². The summed E-state index contributed by atoms with van der Waals surface area (Å²) in [6, 6.07) is 6.63. The number of hydrogen-bond donors (Lipinski definition) is 0. The van der Waals surface area contributed by atoms with Gasteiger partial charge in [-0.3, -0.25) is 0 Å². The largest absolute Gasteiger partial charge is 0.334 e. The lowest BCUT2D eigenvalue weighted by Gasteiger charge is -2.06. The molecular weight excluding hydrogens is 240 g/mol. The standard InChI is InChI=1S/C15H20N2S/c1-10-6-7-14(8-11(10)2)18-9-15-16-12(3)13(4)17(15)5/h6-8H,9H2,1-5H3. The third kappa shape index (κ3) is 2.61. The zero-order valence-corrected chi connectivity index (χ0v) is 12.6. The molecule has 0 fully saturated rings. The summed E-state index contributed by atoms with van der Waals surface area (Å²) < 4.78 is 2.18. The first-order valence-electron chi connectivity index (χ1n) is 6.18. The van der Waals surface area contributed by atoms with Gasteiger partial charge in [0, 0.05) is 17.6 Å². The van der Waals surface area contributed by atoms with E-state index in [9.17, 15) is 0 Å². The van der Waals surface area contributed by atoms with Gasteiger partial charge in [0.1, 0.15) is 5.82 Å². The topological polar surface area (TPSA) is 17.8 Å². The first-order valence-corrected chi connectivity index (χ1v) is 7.16. The summed E-state index contributed by atoms with van der Waals surface area (Å²) in [6.07, 6.45) is 0. The lowest BCUT2D eigenvalue weighted by molar-refractivity contribution is 0.819. The predicted molar refractivity (Wildman–Crippen MR) is 78.2 cm³/mol. The molecule has 0 aliphatic carbocycles. The molecule has 1 heterocycles. The summed E-state index contributed by atoms with van der Waals surface area (Å²) in [5, 5.41) is 0. The van der Waals surface area contributed by atoms with Crippen molar-refractivity contribution in [1.29, 1.82) is 0 Å². The number of rotatable bonds is 3. The minimum Gasteiger partial charge on any atom is -0.334 e. The van der Waals surface area contributed by atoms with E-state index in [0.29, 0.717) is 0 Å². The Hall–Kier alpha value is -1.22. The zero-order valence-electron chi connectivity index (χ0n) is 11.7. The van der Waals surface area contributed by atoms with E-state index in [0.717, 1.165) is 17.3 Å². The van der Waals surface area contributed by atoms with Crippen LogP contribution in [0.4, 0.5) is 0 Å². The van der Waals surface area contributed by atoms with Crippen LogP contribution in [0.1, 0.15) is 28.3 Å². The number of aryl methyl sites for hydroxylation is 3. The summed E-state index contributed by atoms with van der Waals surface area (Å²) in [4.78, 5) is 5.92. The highest BCUT2D eigenvalue weighted by molar-refractivity contribution is 7.98. The second-order valence-electron chi connectivity index (χ2n) is 4.79. The molecule has 96 valence electrons. The number of benzene rings is 1. The molecule has 2 nitrogen and oxygen atoms in total. The molecule has 0 saturated heterocycles. The normalized spacial score (nSPS) is 10.9. The molecule has 0 atom stereocenters. The van der Waals surface area contributed by atoms with E-state index in [1.54, 1.807) is 0 Å². The summed E-state index contributed by atoms with van der Waals surface area (Å²) in [5.41, 5.74) is 5.09. The minimum absolute atomic E-state index is 0.924. The molecule has 0 N–H and O–H groups in total. The lowest BCUT2D eigenvalue weighted by atomic mass is 10.1. The maximum atomic E-state index is 4.61. The molecule has 1 aromatic carbocycles. The molecule has 2 rings (SSSR count). The van der Waals surface area contributed by atoms with Gasteiger partial charge in [-0.1, -0.05) is 6.07 Å². The van der Waals surface area contributed by atoms with E-state index in [1.807, 2.05) is 11.8 Å². The number of thioether (sulfide) groups is 1. The fraction of sp³-hybridized carbons (Fsp3) is 0.400. The quantitative estimate of drug-likeness (QED) is 0.778. The van der Waals surface area contributed by atoms with Crippen LogP contribution in [0.15, 0.2) is 23.1 Å². The van der Waals surface area contributed by atoms with Gasteiger partial charge < -0.3 is 4.57 Å². The monoisotopic (exact) mass is 260 g/mol. The Kier molecular flexibility index (Phi) is 3.81. The Morgan fingerprint density at radius 2 is 1.83 bits per heavy atom. The zero-order chi connectivity index (χ0) is 13.3. The van der Waals surface area contributed by atoms with Gasteiger partial charge in [-0.2, -0.15) is 0 Å². The van der Waals surface area contributed by atoms with Gasteiger partial charge in [-0.05, 0) is 51.0 Å². The first-order chi connectivity index (χ1) is 8.49. The molecule has 0 saturated carbocycles. The fourth-order valence-electron chi connectivity index (χ4n) is 1.87. The van der Waals surface area contributed by atoms with Gasteiger partial charge in [0.25, 0.3) is 0 Å². The van der Waals surface area contributed by atoms with Crippen molar-refractivity contribution in [3.8, 4) is 0 Å². The molecule has 0 spiro atoms. The van der Waals surface area contributed by atoms with Crippen LogP contribution >= 0.6 is 11.8 Å². The molecule has 3 heteroatoms. The summed E-state index contributed by atoms with van der Waals surface area (Å²) in [6.45, 7) is 8.50. The molecular formula is C15H20N2S. The van der Waals surface area contributed by atoms with Gasteiger partial charge in [-0.25, -0.2) is 4.98 Å². The maximum absolute atomic E-state index is 4.61. The van der Waals surface area contributed by atoms with Crippen LogP contribution in [-0.4, -0.2) is 9.55 Å².